The van der Waals surface area contributed by atoms with Crippen LogP contribution in [0, 0.1) is 13.8 Å². The Kier molecular flexibility index (Phi) is 6.61. The summed E-state index contributed by atoms with van der Waals surface area (Å²) in [4.78, 5) is 2.22. The molecule has 0 N–H and O–H groups in total. The number of rotatable bonds is 7. The minimum Gasteiger partial charge on any atom is -0.763 e. The first kappa shape index (κ1) is 20.4. The summed E-state index contributed by atoms with van der Waals surface area (Å²) in [6, 6.07) is 1.96. The Hall–Kier alpha value is -0.690. The van der Waals surface area contributed by atoms with Gasteiger partial charge in [0.15, 0.2) is 0 Å². The lowest BCUT2D eigenvalue weighted by atomic mass is 10.2. The number of thiophene rings is 1. The van der Waals surface area contributed by atoms with E-state index in [1.165, 1.54) is 0 Å². The highest BCUT2D eigenvalue weighted by molar-refractivity contribution is 8.01. The number of alkyl halides is 3. The second-order valence-corrected chi connectivity index (χ2v) is 9.62. The molecule has 0 aliphatic carbocycles. The summed E-state index contributed by atoms with van der Waals surface area (Å²) in [5.41, 5.74) is -4.70. The number of hydrogen-bond acceptors (Lipinski definition) is 6. The fourth-order valence-corrected chi connectivity index (χ4v) is 4.75. The van der Waals surface area contributed by atoms with Crippen molar-refractivity contribution in [2.24, 2.45) is 3.77 Å². The number of ether oxygens (including phenoxy) is 1. The Balaban J connectivity index is 2.52. The largest absolute Gasteiger partial charge is 0.763 e. The maximum absolute atomic E-state index is 12.1. The Morgan fingerprint density at radius 3 is 2.35 bits per heavy atom. The van der Waals surface area contributed by atoms with Crippen molar-refractivity contribution < 1.29 is 35.1 Å². The number of sulfonamides is 1. The topological polar surface area (TPSA) is 95.9 Å². The predicted octanol–water partition coefficient (Wildman–Crippen LogP) is 2.37. The molecule has 0 saturated heterocycles. The summed E-state index contributed by atoms with van der Waals surface area (Å²) >= 11 is 1.61. The van der Waals surface area contributed by atoms with Crippen LogP contribution in [0.1, 0.15) is 15.3 Å². The van der Waals surface area contributed by atoms with Crippen molar-refractivity contribution in [3.8, 4) is 0 Å². The van der Waals surface area contributed by atoms with Crippen molar-refractivity contribution in [1.29, 1.82) is 0 Å². The molecule has 0 aliphatic heterocycles. The first-order valence-electron chi connectivity index (χ1n) is 6.26. The van der Waals surface area contributed by atoms with E-state index in [-0.39, 0.29) is 6.61 Å². The SMILES string of the molecule is Cc1cc(CCOCCS(=O)([O-])=NS(=O)(=O)C(F)(F)F)c(C)s1. The minimum atomic E-state index is -6.06. The lowest BCUT2D eigenvalue weighted by Crippen LogP contribution is -2.23. The van der Waals surface area contributed by atoms with Crippen LogP contribution in [0.25, 0.3) is 0 Å². The summed E-state index contributed by atoms with van der Waals surface area (Å²) in [6.45, 7) is 3.59. The van der Waals surface area contributed by atoms with E-state index in [4.69, 9.17) is 4.74 Å². The molecule has 0 amide bonds. The van der Waals surface area contributed by atoms with E-state index in [0.717, 1.165) is 15.3 Å². The first-order valence-corrected chi connectivity index (χ1v) is 10.1. The van der Waals surface area contributed by atoms with Gasteiger partial charge in [-0.25, -0.2) is 0 Å². The standard InChI is InChI=1S/C11H16F3NO5S3/c1-8-7-10(9(2)21-8)3-4-20-5-6-22(16,17)15-23(18,19)11(12,13)14/h7H,3-6H2,1-2H3,(H,15,16,17)/p-1. The Labute approximate surface area is 136 Å². The normalized spacial score (nSPS) is 15.4. The lowest BCUT2D eigenvalue weighted by Gasteiger charge is -2.14. The van der Waals surface area contributed by atoms with E-state index in [1.807, 2.05) is 23.7 Å². The van der Waals surface area contributed by atoms with Crippen molar-refractivity contribution >= 4 is 31.4 Å². The van der Waals surface area contributed by atoms with Gasteiger partial charge >= 0.3 is 15.5 Å². The molecule has 23 heavy (non-hydrogen) atoms. The van der Waals surface area contributed by atoms with Crippen LogP contribution in [0.4, 0.5) is 13.2 Å². The van der Waals surface area contributed by atoms with Crippen molar-refractivity contribution in [3.05, 3.63) is 21.4 Å². The summed E-state index contributed by atoms with van der Waals surface area (Å²) in [7, 11) is -10.8. The zero-order valence-corrected chi connectivity index (χ0v) is 14.7. The summed E-state index contributed by atoms with van der Waals surface area (Å²) in [5.74, 6) is -0.941. The Morgan fingerprint density at radius 1 is 1.26 bits per heavy atom. The number of hydrogen-bond donors (Lipinski definition) is 0. The van der Waals surface area contributed by atoms with Crippen LogP contribution in [0.2, 0.25) is 0 Å². The Morgan fingerprint density at radius 2 is 1.87 bits per heavy atom. The van der Waals surface area contributed by atoms with E-state index in [1.54, 1.807) is 11.3 Å². The summed E-state index contributed by atoms with van der Waals surface area (Å²) < 4.78 is 87.0. The van der Waals surface area contributed by atoms with Gasteiger partial charge in [-0.15, -0.1) is 15.1 Å². The van der Waals surface area contributed by atoms with Gasteiger partial charge in [0, 0.05) is 25.5 Å². The molecule has 1 unspecified atom stereocenters. The summed E-state index contributed by atoms with van der Waals surface area (Å²) in [6.07, 6.45) is 0.522. The summed E-state index contributed by atoms with van der Waals surface area (Å²) in [5, 5.41) is 0. The van der Waals surface area contributed by atoms with Crippen molar-refractivity contribution in [2.75, 3.05) is 19.0 Å². The molecule has 1 rings (SSSR count). The predicted molar refractivity (Wildman–Crippen MR) is 79.5 cm³/mol. The molecule has 12 heteroatoms. The number of nitrogens with zero attached hydrogens (tertiary/aromatic N) is 1. The second kappa shape index (κ2) is 7.47. The van der Waals surface area contributed by atoms with Crippen LogP contribution in [0.5, 0.6) is 0 Å². The highest BCUT2D eigenvalue weighted by atomic mass is 32.3. The van der Waals surface area contributed by atoms with Crippen LogP contribution in [-0.2, 0) is 31.2 Å². The number of halogens is 3. The molecular weight excluding hydrogens is 379 g/mol. The van der Waals surface area contributed by atoms with Crippen LogP contribution >= 0.6 is 11.3 Å². The van der Waals surface area contributed by atoms with E-state index in [2.05, 4.69) is 0 Å². The van der Waals surface area contributed by atoms with E-state index >= 15 is 0 Å². The maximum atomic E-state index is 12.1. The molecule has 0 fully saturated rings. The van der Waals surface area contributed by atoms with E-state index in [9.17, 15) is 30.4 Å². The van der Waals surface area contributed by atoms with Gasteiger partial charge < -0.3 is 9.29 Å². The van der Waals surface area contributed by atoms with E-state index in [0.29, 0.717) is 6.42 Å². The van der Waals surface area contributed by atoms with Gasteiger partial charge in [-0.3, -0.25) is 4.21 Å². The van der Waals surface area contributed by atoms with Gasteiger partial charge in [0.1, 0.15) is 0 Å². The molecule has 0 aliphatic rings. The molecule has 134 valence electrons. The van der Waals surface area contributed by atoms with Crippen LogP contribution in [0.3, 0.4) is 0 Å². The van der Waals surface area contributed by atoms with Crippen LogP contribution in [-0.4, -0.2) is 41.7 Å². The highest BCUT2D eigenvalue weighted by Crippen LogP contribution is 2.25. The molecular formula is C11H15F3NO5S3-. The first-order chi connectivity index (χ1) is 10.3. The molecule has 0 spiro atoms. The fourth-order valence-electron chi connectivity index (χ4n) is 1.61. The minimum absolute atomic E-state index is 0.165. The van der Waals surface area contributed by atoms with Gasteiger partial charge in [-0.05, 0) is 31.9 Å². The maximum Gasteiger partial charge on any atom is 0.519 e. The molecule has 0 bridgehead atoms. The van der Waals surface area contributed by atoms with Gasteiger partial charge in [0.25, 0.3) is 0 Å². The third-order valence-corrected chi connectivity index (χ3v) is 6.62. The van der Waals surface area contributed by atoms with E-state index < -0.39 is 37.9 Å². The molecule has 1 heterocycles. The average molecular weight is 394 g/mol. The van der Waals surface area contributed by atoms with Crippen LogP contribution in [0.15, 0.2) is 9.83 Å². The van der Waals surface area contributed by atoms with Gasteiger partial charge in [-0.2, -0.15) is 21.6 Å². The highest BCUT2D eigenvalue weighted by Gasteiger charge is 2.46. The van der Waals surface area contributed by atoms with Gasteiger partial charge in [-0.1, -0.05) is 0 Å². The third-order valence-electron chi connectivity index (χ3n) is 2.65. The average Bonchev–Trinajstić information content (AvgIpc) is 2.64. The van der Waals surface area contributed by atoms with Crippen molar-refractivity contribution in [3.63, 3.8) is 0 Å². The number of aryl methyl sites for hydroxylation is 2. The molecule has 0 saturated carbocycles. The molecule has 0 radical (unpaired) electrons. The molecule has 1 aromatic heterocycles. The zero-order chi connectivity index (χ0) is 17.9. The molecule has 6 nitrogen and oxygen atoms in total. The second-order valence-electron chi connectivity index (χ2n) is 4.58. The van der Waals surface area contributed by atoms with Crippen molar-refractivity contribution in [1.82, 2.24) is 0 Å². The molecule has 0 aromatic carbocycles. The van der Waals surface area contributed by atoms with Gasteiger partial charge in [0.05, 0.1) is 13.2 Å². The van der Waals surface area contributed by atoms with Crippen molar-refractivity contribution in [2.45, 2.75) is 25.8 Å². The Bertz CT molecular complexity index is 760. The lowest BCUT2D eigenvalue weighted by molar-refractivity contribution is -0.0435. The molecule has 1 atom stereocenters. The molecule has 1 aromatic rings. The van der Waals surface area contributed by atoms with Gasteiger partial charge in [0.2, 0.25) is 0 Å². The monoisotopic (exact) mass is 394 g/mol. The smallest absolute Gasteiger partial charge is 0.519 e. The zero-order valence-electron chi connectivity index (χ0n) is 12.3. The van der Waals surface area contributed by atoms with Crippen LogP contribution < -0.4 is 0 Å². The quantitative estimate of drug-likeness (QED) is 0.662. The fraction of sp³-hybridized carbons (Fsp3) is 0.636. The third kappa shape index (κ3) is 6.37.